The quantitative estimate of drug-likeness (QED) is 0.218. The SMILES string of the molecule is COc1cc(/C(O)=C(\C#N)C(=O)N2CC(NC(=O)OC(C)(C)C)C2)cc([N+](=O)[O-])c1OC. The van der Waals surface area contributed by atoms with E-state index in [0.717, 1.165) is 6.07 Å². The van der Waals surface area contributed by atoms with Gasteiger partial charge in [0.1, 0.15) is 17.4 Å². The molecular weight excluding hydrogens is 424 g/mol. The van der Waals surface area contributed by atoms with E-state index in [0.29, 0.717) is 0 Å². The molecule has 1 saturated heterocycles. The molecule has 12 heteroatoms. The van der Waals surface area contributed by atoms with Gasteiger partial charge in [0.2, 0.25) is 5.75 Å². The number of alkyl carbamates (subject to hydrolysis) is 1. The van der Waals surface area contributed by atoms with Crippen LogP contribution in [0.15, 0.2) is 17.7 Å². The topological polar surface area (TPSA) is 164 Å². The highest BCUT2D eigenvalue weighted by Crippen LogP contribution is 2.39. The molecule has 1 fully saturated rings. The van der Waals surface area contributed by atoms with Gasteiger partial charge in [-0.25, -0.2) is 4.79 Å². The fraction of sp³-hybridized carbons (Fsp3) is 0.450. The number of hydrogen-bond donors (Lipinski definition) is 2. The van der Waals surface area contributed by atoms with Crippen LogP contribution in [0.4, 0.5) is 10.5 Å². The molecule has 2 N–H and O–H groups in total. The molecule has 2 rings (SSSR count). The van der Waals surface area contributed by atoms with Gasteiger partial charge in [0.15, 0.2) is 11.3 Å². The van der Waals surface area contributed by atoms with Crippen LogP contribution < -0.4 is 14.8 Å². The van der Waals surface area contributed by atoms with Crippen LogP contribution in [0.1, 0.15) is 26.3 Å². The molecular formula is C20H24N4O8. The maximum Gasteiger partial charge on any atom is 0.407 e. The average molecular weight is 448 g/mol. The Hall–Kier alpha value is -4.01. The molecule has 0 aromatic heterocycles. The van der Waals surface area contributed by atoms with Crippen molar-refractivity contribution in [2.75, 3.05) is 27.3 Å². The maximum absolute atomic E-state index is 12.7. The van der Waals surface area contributed by atoms with E-state index in [1.807, 2.05) is 0 Å². The smallest absolute Gasteiger partial charge is 0.407 e. The third-order valence-electron chi connectivity index (χ3n) is 4.38. The minimum absolute atomic E-state index is 0.0569. The largest absolute Gasteiger partial charge is 0.506 e. The van der Waals surface area contributed by atoms with E-state index in [2.05, 4.69) is 5.32 Å². The van der Waals surface area contributed by atoms with Crippen molar-refractivity contribution in [3.8, 4) is 17.6 Å². The molecule has 0 bridgehead atoms. The summed E-state index contributed by atoms with van der Waals surface area (Å²) in [6.07, 6.45) is -0.633. The highest BCUT2D eigenvalue weighted by Gasteiger charge is 2.36. The minimum Gasteiger partial charge on any atom is -0.506 e. The lowest BCUT2D eigenvalue weighted by Crippen LogP contribution is -2.61. The number of likely N-dealkylation sites (tertiary alicyclic amines) is 1. The van der Waals surface area contributed by atoms with Gasteiger partial charge < -0.3 is 29.5 Å². The molecule has 2 amide bonds. The minimum atomic E-state index is -0.787. The van der Waals surface area contributed by atoms with Gasteiger partial charge >= 0.3 is 11.8 Å². The van der Waals surface area contributed by atoms with Gasteiger partial charge in [-0.1, -0.05) is 0 Å². The molecule has 0 saturated carbocycles. The number of amides is 2. The molecule has 0 aliphatic carbocycles. The number of carbonyl (C=O) groups is 2. The highest BCUT2D eigenvalue weighted by molar-refractivity contribution is 6.04. The van der Waals surface area contributed by atoms with Gasteiger partial charge in [-0.2, -0.15) is 5.26 Å². The Kier molecular flexibility index (Phi) is 7.14. The fourth-order valence-corrected chi connectivity index (χ4v) is 2.93. The second kappa shape index (κ2) is 9.42. The van der Waals surface area contributed by atoms with Crippen LogP contribution in [0.2, 0.25) is 0 Å². The molecule has 172 valence electrons. The van der Waals surface area contributed by atoms with Crippen LogP contribution in [0.25, 0.3) is 5.76 Å². The zero-order chi connectivity index (χ0) is 24.2. The normalized spacial score (nSPS) is 14.4. The van der Waals surface area contributed by atoms with E-state index in [9.17, 15) is 30.1 Å². The van der Waals surface area contributed by atoms with Crippen LogP contribution >= 0.6 is 0 Å². The zero-order valence-electron chi connectivity index (χ0n) is 18.3. The number of nitro benzene ring substituents is 1. The standard InChI is InChI=1S/C20H24N4O8/c1-20(2,3)32-19(27)22-12-9-23(10-12)18(26)13(8-21)16(25)11-6-14(24(28)29)17(31-5)15(7-11)30-4/h6-7,12,25H,9-10H2,1-5H3,(H,22,27)/b16-13-. The number of nitriles is 1. The summed E-state index contributed by atoms with van der Waals surface area (Å²) in [7, 11) is 2.47. The number of rotatable bonds is 6. The summed E-state index contributed by atoms with van der Waals surface area (Å²) in [6, 6.07) is 3.45. The lowest BCUT2D eigenvalue weighted by atomic mass is 10.0. The van der Waals surface area contributed by atoms with Crippen LogP contribution in [0, 0.1) is 21.4 Å². The number of hydrogen-bond acceptors (Lipinski definition) is 9. The van der Waals surface area contributed by atoms with Crippen LogP contribution in [0.5, 0.6) is 11.5 Å². The predicted octanol–water partition coefficient (Wildman–Crippen LogP) is 2.14. The third-order valence-corrected chi connectivity index (χ3v) is 4.38. The van der Waals surface area contributed by atoms with Gasteiger partial charge in [0.05, 0.1) is 25.2 Å². The zero-order valence-corrected chi connectivity index (χ0v) is 18.3. The van der Waals surface area contributed by atoms with E-state index in [4.69, 9.17) is 14.2 Å². The Bertz CT molecular complexity index is 1000. The van der Waals surface area contributed by atoms with E-state index in [1.165, 1.54) is 25.2 Å². The first-order valence-electron chi connectivity index (χ1n) is 9.44. The third kappa shape index (κ3) is 5.37. The van der Waals surface area contributed by atoms with Crippen molar-refractivity contribution < 1.29 is 33.8 Å². The second-order valence-corrected chi connectivity index (χ2v) is 7.88. The van der Waals surface area contributed by atoms with Crippen molar-refractivity contribution in [3.05, 3.63) is 33.4 Å². The van der Waals surface area contributed by atoms with Crippen molar-refractivity contribution in [2.45, 2.75) is 32.4 Å². The predicted molar refractivity (Wildman–Crippen MR) is 111 cm³/mol. The molecule has 12 nitrogen and oxygen atoms in total. The fourth-order valence-electron chi connectivity index (χ4n) is 2.93. The second-order valence-electron chi connectivity index (χ2n) is 7.88. The summed E-state index contributed by atoms with van der Waals surface area (Å²) >= 11 is 0. The summed E-state index contributed by atoms with van der Waals surface area (Å²) in [5.41, 5.74) is -1.96. The Morgan fingerprint density at radius 1 is 1.28 bits per heavy atom. The van der Waals surface area contributed by atoms with Crippen molar-refractivity contribution in [1.82, 2.24) is 10.2 Å². The number of aliphatic hydroxyl groups excluding tert-OH is 1. The lowest BCUT2D eigenvalue weighted by molar-refractivity contribution is -0.385. The molecule has 1 aliphatic rings. The molecule has 1 heterocycles. The molecule has 0 radical (unpaired) electrons. The Labute approximate surface area is 184 Å². The molecule has 1 aromatic rings. The van der Waals surface area contributed by atoms with Crippen LogP contribution in [0.3, 0.4) is 0 Å². The summed E-state index contributed by atoms with van der Waals surface area (Å²) in [6.45, 7) is 5.35. The number of nitrogens with one attached hydrogen (secondary N) is 1. The summed E-state index contributed by atoms with van der Waals surface area (Å²) in [5.74, 6) is -1.76. The first-order chi connectivity index (χ1) is 14.9. The molecule has 0 spiro atoms. The van der Waals surface area contributed by atoms with Crippen molar-refractivity contribution in [2.24, 2.45) is 0 Å². The van der Waals surface area contributed by atoms with E-state index >= 15 is 0 Å². The van der Waals surface area contributed by atoms with Crippen molar-refractivity contribution in [3.63, 3.8) is 0 Å². The highest BCUT2D eigenvalue weighted by atomic mass is 16.6. The Morgan fingerprint density at radius 2 is 1.91 bits per heavy atom. The monoisotopic (exact) mass is 448 g/mol. The van der Waals surface area contributed by atoms with Crippen LogP contribution in [-0.4, -0.2) is 65.9 Å². The first kappa shape index (κ1) is 24.3. The number of carbonyl (C=O) groups excluding carboxylic acids is 2. The van der Waals surface area contributed by atoms with Crippen molar-refractivity contribution >= 4 is 23.4 Å². The Morgan fingerprint density at radius 3 is 2.38 bits per heavy atom. The number of benzene rings is 1. The average Bonchev–Trinajstić information content (AvgIpc) is 2.67. The number of aliphatic hydroxyl groups is 1. The maximum atomic E-state index is 12.7. The number of nitro groups is 1. The molecule has 0 unspecified atom stereocenters. The van der Waals surface area contributed by atoms with Gasteiger partial charge in [-0.05, 0) is 26.8 Å². The van der Waals surface area contributed by atoms with Crippen LogP contribution in [-0.2, 0) is 9.53 Å². The van der Waals surface area contributed by atoms with E-state index in [1.54, 1.807) is 26.8 Å². The van der Waals surface area contributed by atoms with Gasteiger partial charge in [-0.15, -0.1) is 0 Å². The van der Waals surface area contributed by atoms with Gasteiger partial charge in [0.25, 0.3) is 5.91 Å². The first-order valence-corrected chi connectivity index (χ1v) is 9.44. The molecule has 32 heavy (non-hydrogen) atoms. The summed E-state index contributed by atoms with van der Waals surface area (Å²) < 4.78 is 15.2. The number of methoxy groups -OCH3 is 2. The van der Waals surface area contributed by atoms with Gasteiger partial charge in [-0.3, -0.25) is 14.9 Å². The summed E-state index contributed by atoms with van der Waals surface area (Å²) in [5, 5.41) is 34.0. The summed E-state index contributed by atoms with van der Waals surface area (Å²) in [4.78, 5) is 36.3. The van der Waals surface area contributed by atoms with E-state index in [-0.39, 0.29) is 36.2 Å². The van der Waals surface area contributed by atoms with E-state index < -0.39 is 39.5 Å². The molecule has 1 aliphatic heterocycles. The number of nitrogens with zero attached hydrogens (tertiary/aromatic N) is 3. The number of ether oxygens (including phenoxy) is 3. The van der Waals surface area contributed by atoms with Gasteiger partial charge in [0, 0.05) is 24.7 Å². The molecule has 0 atom stereocenters. The Balaban J connectivity index is 2.23. The lowest BCUT2D eigenvalue weighted by Gasteiger charge is -2.39. The molecule has 1 aromatic carbocycles. The van der Waals surface area contributed by atoms with Crippen molar-refractivity contribution in [1.29, 1.82) is 5.26 Å².